The van der Waals surface area contributed by atoms with Crippen molar-refractivity contribution in [1.29, 1.82) is 0 Å². The molecule has 1 fully saturated rings. The molecule has 4 nitrogen and oxygen atoms in total. The van der Waals surface area contributed by atoms with Crippen LogP contribution in [0.1, 0.15) is 26.7 Å². The standard InChI is InChI=1S/C13H21ClN4/c1-10(2)8-18(9-11-4-3-7-15-11)13-6-5-12(14)16-17-13/h5-6,10-11,15H,3-4,7-9H2,1-2H3. The van der Waals surface area contributed by atoms with Crippen LogP contribution in [0, 0.1) is 5.92 Å². The van der Waals surface area contributed by atoms with E-state index in [-0.39, 0.29) is 0 Å². The smallest absolute Gasteiger partial charge is 0.151 e. The van der Waals surface area contributed by atoms with Gasteiger partial charge in [-0.2, -0.15) is 0 Å². The average molecular weight is 269 g/mol. The van der Waals surface area contributed by atoms with Gasteiger partial charge in [-0.3, -0.25) is 0 Å². The summed E-state index contributed by atoms with van der Waals surface area (Å²) in [7, 11) is 0. The molecule has 0 amide bonds. The second-order valence-electron chi connectivity index (χ2n) is 5.31. The van der Waals surface area contributed by atoms with Crippen LogP contribution in [0.4, 0.5) is 5.82 Å². The van der Waals surface area contributed by atoms with Crippen molar-refractivity contribution in [2.45, 2.75) is 32.7 Å². The Labute approximate surface area is 114 Å². The fraction of sp³-hybridized carbons (Fsp3) is 0.692. The van der Waals surface area contributed by atoms with Crippen molar-refractivity contribution in [1.82, 2.24) is 15.5 Å². The van der Waals surface area contributed by atoms with Gasteiger partial charge in [-0.05, 0) is 37.4 Å². The molecule has 1 N–H and O–H groups in total. The van der Waals surface area contributed by atoms with Crippen LogP contribution in [0.15, 0.2) is 12.1 Å². The molecule has 0 aromatic carbocycles. The topological polar surface area (TPSA) is 41.0 Å². The van der Waals surface area contributed by atoms with Gasteiger partial charge in [0.25, 0.3) is 0 Å². The molecule has 0 spiro atoms. The number of nitrogens with one attached hydrogen (secondary N) is 1. The van der Waals surface area contributed by atoms with Crippen LogP contribution in [0.25, 0.3) is 0 Å². The van der Waals surface area contributed by atoms with Gasteiger partial charge in [-0.15, -0.1) is 10.2 Å². The number of aromatic nitrogens is 2. The van der Waals surface area contributed by atoms with E-state index in [1.807, 2.05) is 6.07 Å². The van der Waals surface area contributed by atoms with E-state index in [2.05, 4.69) is 34.3 Å². The zero-order chi connectivity index (χ0) is 13.0. The maximum Gasteiger partial charge on any atom is 0.151 e. The van der Waals surface area contributed by atoms with E-state index in [0.29, 0.717) is 17.1 Å². The van der Waals surface area contributed by atoms with E-state index in [1.165, 1.54) is 12.8 Å². The molecular formula is C13H21ClN4. The molecule has 1 aliphatic rings. The number of anilines is 1. The zero-order valence-corrected chi connectivity index (χ0v) is 11.8. The van der Waals surface area contributed by atoms with Gasteiger partial charge < -0.3 is 10.2 Å². The molecule has 18 heavy (non-hydrogen) atoms. The van der Waals surface area contributed by atoms with Crippen LogP contribution in [-0.2, 0) is 0 Å². The summed E-state index contributed by atoms with van der Waals surface area (Å²) in [6.45, 7) is 7.56. The molecule has 0 bridgehead atoms. The SMILES string of the molecule is CC(C)CN(CC1CCCN1)c1ccc(Cl)nn1. The van der Waals surface area contributed by atoms with Gasteiger partial charge in [0.05, 0.1) is 0 Å². The van der Waals surface area contributed by atoms with Gasteiger partial charge >= 0.3 is 0 Å². The molecule has 0 aliphatic carbocycles. The van der Waals surface area contributed by atoms with E-state index in [0.717, 1.165) is 25.5 Å². The fourth-order valence-electron chi connectivity index (χ4n) is 2.36. The van der Waals surface area contributed by atoms with Crippen LogP contribution >= 0.6 is 11.6 Å². The number of rotatable bonds is 5. The first-order chi connectivity index (χ1) is 8.65. The van der Waals surface area contributed by atoms with Gasteiger partial charge in [0, 0.05) is 19.1 Å². The lowest BCUT2D eigenvalue weighted by Crippen LogP contribution is -2.40. The Kier molecular flexibility index (Phi) is 4.78. The molecular weight excluding hydrogens is 248 g/mol. The minimum Gasteiger partial charge on any atom is -0.353 e. The quantitative estimate of drug-likeness (QED) is 0.890. The largest absolute Gasteiger partial charge is 0.353 e. The van der Waals surface area contributed by atoms with Crippen molar-refractivity contribution in [3.8, 4) is 0 Å². The van der Waals surface area contributed by atoms with E-state index in [9.17, 15) is 0 Å². The van der Waals surface area contributed by atoms with Crippen LogP contribution in [0.3, 0.4) is 0 Å². The summed E-state index contributed by atoms with van der Waals surface area (Å²) >= 11 is 5.79. The predicted molar refractivity (Wildman–Crippen MR) is 75.1 cm³/mol. The molecule has 5 heteroatoms. The van der Waals surface area contributed by atoms with Crippen molar-refractivity contribution in [2.24, 2.45) is 5.92 Å². The lowest BCUT2D eigenvalue weighted by Gasteiger charge is -2.28. The Morgan fingerprint density at radius 3 is 2.83 bits per heavy atom. The molecule has 2 heterocycles. The minimum atomic E-state index is 0.447. The maximum absolute atomic E-state index is 5.79. The first-order valence-electron chi connectivity index (χ1n) is 6.62. The molecule has 1 unspecified atom stereocenters. The highest BCUT2D eigenvalue weighted by Gasteiger charge is 2.19. The lowest BCUT2D eigenvalue weighted by molar-refractivity contribution is 0.536. The highest BCUT2D eigenvalue weighted by Crippen LogP contribution is 2.16. The van der Waals surface area contributed by atoms with Gasteiger partial charge in [0.1, 0.15) is 0 Å². The summed E-state index contributed by atoms with van der Waals surface area (Å²) in [6, 6.07) is 4.33. The van der Waals surface area contributed by atoms with Gasteiger partial charge in [-0.25, -0.2) is 0 Å². The average Bonchev–Trinajstić information content (AvgIpc) is 2.81. The van der Waals surface area contributed by atoms with Crippen LogP contribution in [0.2, 0.25) is 5.15 Å². The molecule has 1 saturated heterocycles. The van der Waals surface area contributed by atoms with E-state index in [4.69, 9.17) is 11.6 Å². The second kappa shape index (κ2) is 6.34. The molecule has 1 aliphatic heterocycles. The molecule has 2 rings (SSSR count). The number of nitrogens with zero attached hydrogens (tertiary/aromatic N) is 3. The van der Waals surface area contributed by atoms with Gasteiger partial charge in [0.15, 0.2) is 11.0 Å². The lowest BCUT2D eigenvalue weighted by atomic mass is 10.1. The Balaban J connectivity index is 2.05. The Morgan fingerprint density at radius 2 is 2.28 bits per heavy atom. The normalized spacial score (nSPS) is 19.4. The predicted octanol–water partition coefficient (Wildman–Crippen LogP) is 2.34. The number of hydrogen-bond donors (Lipinski definition) is 1. The Hall–Kier alpha value is -0.870. The van der Waals surface area contributed by atoms with Crippen molar-refractivity contribution in [3.63, 3.8) is 0 Å². The summed E-state index contributed by atoms with van der Waals surface area (Å²) in [4.78, 5) is 2.30. The zero-order valence-electron chi connectivity index (χ0n) is 11.1. The first kappa shape index (κ1) is 13.6. The summed E-state index contributed by atoms with van der Waals surface area (Å²) in [6.07, 6.45) is 2.52. The molecule has 100 valence electrons. The van der Waals surface area contributed by atoms with E-state index >= 15 is 0 Å². The third-order valence-electron chi connectivity index (χ3n) is 3.13. The van der Waals surface area contributed by atoms with Crippen LogP contribution < -0.4 is 10.2 Å². The monoisotopic (exact) mass is 268 g/mol. The van der Waals surface area contributed by atoms with Crippen LogP contribution in [0.5, 0.6) is 0 Å². The highest BCUT2D eigenvalue weighted by molar-refractivity contribution is 6.29. The van der Waals surface area contributed by atoms with Crippen molar-refractivity contribution in [2.75, 3.05) is 24.5 Å². The second-order valence-corrected chi connectivity index (χ2v) is 5.69. The summed E-state index contributed by atoms with van der Waals surface area (Å²) in [5, 5.41) is 12.1. The minimum absolute atomic E-state index is 0.447. The maximum atomic E-state index is 5.79. The summed E-state index contributed by atoms with van der Waals surface area (Å²) in [5.41, 5.74) is 0. The van der Waals surface area contributed by atoms with E-state index < -0.39 is 0 Å². The number of hydrogen-bond acceptors (Lipinski definition) is 4. The van der Waals surface area contributed by atoms with Gasteiger partial charge in [-0.1, -0.05) is 25.4 Å². The molecule has 0 saturated carbocycles. The Bertz CT molecular complexity index is 360. The molecule has 0 radical (unpaired) electrons. The third-order valence-corrected chi connectivity index (χ3v) is 3.33. The van der Waals surface area contributed by atoms with Crippen LogP contribution in [-0.4, -0.2) is 35.9 Å². The van der Waals surface area contributed by atoms with Gasteiger partial charge in [0.2, 0.25) is 0 Å². The molecule has 1 atom stereocenters. The molecule has 1 aromatic rings. The van der Waals surface area contributed by atoms with Crippen molar-refractivity contribution < 1.29 is 0 Å². The fourth-order valence-corrected chi connectivity index (χ4v) is 2.46. The Morgan fingerprint density at radius 1 is 1.44 bits per heavy atom. The molecule has 1 aromatic heterocycles. The first-order valence-corrected chi connectivity index (χ1v) is 7.00. The van der Waals surface area contributed by atoms with Crippen molar-refractivity contribution >= 4 is 17.4 Å². The van der Waals surface area contributed by atoms with E-state index in [1.54, 1.807) is 6.07 Å². The number of halogens is 1. The summed E-state index contributed by atoms with van der Waals surface area (Å²) in [5.74, 6) is 1.52. The third kappa shape index (κ3) is 3.82. The summed E-state index contributed by atoms with van der Waals surface area (Å²) < 4.78 is 0. The highest BCUT2D eigenvalue weighted by atomic mass is 35.5. The van der Waals surface area contributed by atoms with Crippen molar-refractivity contribution in [3.05, 3.63) is 17.3 Å².